The predicted molar refractivity (Wildman–Crippen MR) is 117 cm³/mol. The van der Waals surface area contributed by atoms with Gasteiger partial charge in [0, 0.05) is 11.6 Å². The van der Waals surface area contributed by atoms with Crippen molar-refractivity contribution in [3.8, 4) is 22.8 Å². The average molecular weight is 432 g/mol. The Bertz CT molecular complexity index is 1140. The Labute approximate surface area is 184 Å². The van der Waals surface area contributed by atoms with Crippen LogP contribution in [0.15, 0.2) is 89.5 Å². The second-order valence-corrected chi connectivity index (χ2v) is 6.93. The zero-order valence-electron chi connectivity index (χ0n) is 17.2. The molecule has 0 bridgehead atoms. The van der Waals surface area contributed by atoms with Crippen LogP contribution in [-0.4, -0.2) is 24.2 Å². The third kappa shape index (κ3) is 5.72. The summed E-state index contributed by atoms with van der Waals surface area (Å²) >= 11 is 0. The minimum atomic E-state index is -0.337. The van der Waals surface area contributed by atoms with E-state index in [0.29, 0.717) is 31.3 Å². The molecule has 4 rings (SSSR count). The van der Waals surface area contributed by atoms with Crippen molar-refractivity contribution in [2.24, 2.45) is 0 Å². The molecule has 162 valence electrons. The van der Waals surface area contributed by atoms with Gasteiger partial charge < -0.3 is 19.3 Å². The summed E-state index contributed by atoms with van der Waals surface area (Å²) in [4.78, 5) is 12.3. The molecular formula is C25H21FN2O4. The number of aromatic nitrogens is 1. The third-order valence-corrected chi connectivity index (χ3v) is 4.60. The van der Waals surface area contributed by atoms with Crippen LogP contribution in [0.2, 0.25) is 0 Å². The van der Waals surface area contributed by atoms with E-state index in [1.807, 2.05) is 42.5 Å². The summed E-state index contributed by atoms with van der Waals surface area (Å²) in [6.45, 7) is 1.02. The number of hydrogen-bond acceptors (Lipinski definition) is 5. The summed E-state index contributed by atoms with van der Waals surface area (Å²) in [6.07, 6.45) is 0. The number of benzene rings is 3. The first kappa shape index (κ1) is 21.1. The first-order valence-electron chi connectivity index (χ1n) is 10.1. The number of carbonyl (C=O) groups is 1. The molecule has 0 aliphatic heterocycles. The van der Waals surface area contributed by atoms with Gasteiger partial charge in [0.05, 0.1) is 6.54 Å². The van der Waals surface area contributed by atoms with Gasteiger partial charge in [-0.1, -0.05) is 35.5 Å². The van der Waals surface area contributed by atoms with Crippen molar-refractivity contribution in [1.29, 1.82) is 0 Å². The Morgan fingerprint density at radius 3 is 2.38 bits per heavy atom. The molecular weight excluding hydrogens is 411 g/mol. The van der Waals surface area contributed by atoms with Gasteiger partial charge in [-0.15, -0.1) is 0 Å². The normalized spacial score (nSPS) is 10.5. The fourth-order valence-electron chi connectivity index (χ4n) is 2.92. The molecule has 1 amide bonds. The molecule has 0 atom stereocenters. The van der Waals surface area contributed by atoms with Crippen LogP contribution in [0.1, 0.15) is 16.1 Å². The number of para-hydroxylation sites is 1. The van der Waals surface area contributed by atoms with E-state index in [-0.39, 0.29) is 17.4 Å². The van der Waals surface area contributed by atoms with Gasteiger partial charge in [-0.2, -0.15) is 0 Å². The molecule has 3 aromatic carbocycles. The summed E-state index contributed by atoms with van der Waals surface area (Å²) in [7, 11) is 0. The second kappa shape index (κ2) is 10.3. The summed E-state index contributed by atoms with van der Waals surface area (Å²) in [6, 6.07) is 24.3. The lowest BCUT2D eigenvalue weighted by molar-refractivity contribution is 0.0938. The number of nitrogens with zero attached hydrogens (tertiary/aromatic N) is 1. The Balaban J connectivity index is 1.26. The summed E-state index contributed by atoms with van der Waals surface area (Å²) in [5.41, 5.74) is 1.82. The van der Waals surface area contributed by atoms with Crippen LogP contribution >= 0.6 is 0 Å². The molecule has 7 heteroatoms. The molecule has 0 saturated carbocycles. The Hall–Kier alpha value is -4.13. The Kier molecular flexibility index (Phi) is 6.77. The van der Waals surface area contributed by atoms with Gasteiger partial charge in [0.1, 0.15) is 30.5 Å². The number of nitrogens with one attached hydrogen (secondary N) is 1. The summed E-state index contributed by atoms with van der Waals surface area (Å²) in [5.74, 6) is 1.26. The smallest absolute Gasteiger partial charge is 0.273 e. The number of halogens is 1. The molecule has 0 aliphatic carbocycles. The second-order valence-electron chi connectivity index (χ2n) is 6.93. The van der Waals surface area contributed by atoms with E-state index in [0.717, 1.165) is 16.9 Å². The van der Waals surface area contributed by atoms with Crippen molar-refractivity contribution in [2.75, 3.05) is 13.2 Å². The number of ether oxygens (including phenoxy) is 2. The first-order chi connectivity index (χ1) is 15.7. The molecule has 1 heterocycles. The standard InChI is InChI=1S/C25H21FN2O4/c26-20-10-6-18(7-11-20)17-31-22-12-8-19(9-13-22)24-16-23(28-32-24)25(29)27-14-15-30-21-4-2-1-3-5-21/h1-13,16H,14-15,17H2,(H,27,29). The van der Waals surface area contributed by atoms with Crippen LogP contribution in [0.25, 0.3) is 11.3 Å². The van der Waals surface area contributed by atoms with Gasteiger partial charge in [0.25, 0.3) is 5.91 Å². The number of amides is 1. The largest absolute Gasteiger partial charge is 0.492 e. The topological polar surface area (TPSA) is 73.6 Å². The summed E-state index contributed by atoms with van der Waals surface area (Å²) in [5, 5.41) is 6.59. The maximum absolute atomic E-state index is 13.0. The molecule has 4 aromatic rings. The molecule has 0 aliphatic rings. The van der Waals surface area contributed by atoms with Crippen LogP contribution in [0.5, 0.6) is 11.5 Å². The van der Waals surface area contributed by atoms with Crippen molar-refractivity contribution in [1.82, 2.24) is 10.5 Å². The zero-order chi connectivity index (χ0) is 22.2. The Morgan fingerprint density at radius 2 is 1.62 bits per heavy atom. The van der Waals surface area contributed by atoms with Gasteiger partial charge in [0.15, 0.2) is 11.5 Å². The maximum Gasteiger partial charge on any atom is 0.273 e. The van der Waals surface area contributed by atoms with Crippen LogP contribution < -0.4 is 14.8 Å². The van der Waals surface area contributed by atoms with Crippen molar-refractivity contribution in [2.45, 2.75) is 6.61 Å². The van der Waals surface area contributed by atoms with Crippen molar-refractivity contribution < 1.29 is 23.2 Å². The number of carbonyl (C=O) groups excluding carboxylic acids is 1. The number of rotatable bonds is 9. The zero-order valence-corrected chi connectivity index (χ0v) is 17.2. The van der Waals surface area contributed by atoms with Crippen LogP contribution in [0, 0.1) is 5.82 Å². The van der Waals surface area contributed by atoms with Crippen LogP contribution in [0.3, 0.4) is 0 Å². The van der Waals surface area contributed by atoms with Crippen molar-refractivity contribution in [3.05, 3.63) is 102 Å². The maximum atomic E-state index is 13.0. The van der Waals surface area contributed by atoms with Gasteiger partial charge in [-0.3, -0.25) is 4.79 Å². The molecule has 0 unspecified atom stereocenters. The SMILES string of the molecule is O=C(NCCOc1ccccc1)c1cc(-c2ccc(OCc3ccc(F)cc3)cc2)on1. The molecule has 6 nitrogen and oxygen atoms in total. The Morgan fingerprint density at radius 1 is 0.906 bits per heavy atom. The fraction of sp³-hybridized carbons (Fsp3) is 0.120. The van der Waals surface area contributed by atoms with E-state index in [9.17, 15) is 9.18 Å². The predicted octanol–water partition coefficient (Wildman–Crippen LogP) is 4.87. The third-order valence-electron chi connectivity index (χ3n) is 4.60. The van der Waals surface area contributed by atoms with Crippen LogP contribution in [0.4, 0.5) is 4.39 Å². The lowest BCUT2D eigenvalue weighted by atomic mass is 10.1. The highest BCUT2D eigenvalue weighted by Gasteiger charge is 2.13. The fourth-order valence-corrected chi connectivity index (χ4v) is 2.92. The molecule has 1 N–H and O–H groups in total. The number of hydrogen-bond donors (Lipinski definition) is 1. The highest BCUT2D eigenvalue weighted by atomic mass is 19.1. The average Bonchev–Trinajstić information content (AvgIpc) is 3.33. The molecule has 0 spiro atoms. The van der Waals surface area contributed by atoms with Crippen molar-refractivity contribution >= 4 is 5.91 Å². The highest BCUT2D eigenvalue weighted by Crippen LogP contribution is 2.24. The monoisotopic (exact) mass is 432 g/mol. The van der Waals surface area contributed by atoms with Gasteiger partial charge in [-0.25, -0.2) is 4.39 Å². The molecule has 32 heavy (non-hydrogen) atoms. The molecule has 0 fully saturated rings. The van der Waals surface area contributed by atoms with E-state index in [4.69, 9.17) is 14.0 Å². The molecule has 0 saturated heterocycles. The minimum Gasteiger partial charge on any atom is -0.492 e. The van der Waals surface area contributed by atoms with Gasteiger partial charge in [-0.05, 0) is 54.1 Å². The van der Waals surface area contributed by atoms with Gasteiger partial charge >= 0.3 is 0 Å². The van der Waals surface area contributed by atoms with E-state index >= 15 is 0 Å². The highest BCUT2D eigenvalue weighted by molar-refractivity contribution is 5.93. The van der Waals surface area contributed by atoms with E-state index in [1.165, 1.54) is 12.1 Å². The molecule has 1 aromatic heterocycles. The van der Waals surface area contributed by atoms with E-state index in [1.54, 1.807) is 30.3 Å². The van der Waals surface area contributed by atoms with Crippen molar-refractivity contribution in [3.63, 3.8) is 0 Å². The lowest BCUT2D eigenvalue weighted by Crippen LogP contribution is -2.28. The lowest BCUT2D eigenvalue weighted by Gasteiger charge is -2.06. The van der Waals surface area contributed by atoms with E-state index < -0.39 is 0 Å². The minimum absolute atomic E-state index is 0.191. The van der Waals surface area contributed by atoms with Crippen LogP contribution in [-0.2, 0) is 6.61 Å². The summed E-state index contributed by atoms with van der Waals surface area (Å²) < 4.78 is 29.5. The first-order valence-corrected chi connectivity index (χ1v) is 10.1. The quantitative estimate of drug-likeness (QED) is 0.382. The van der Waals surface area contributed by atoms with Gasteiger partial charge in [0.2, 0.25) is 0 Å². The van der Waals surface area contributed by atoms with E-state index in [2.05, 4.69) is 10.5 Å². The molecule has 0 radical (unpaired) electrons.